The number of amides is 1. The first-order valence-corrected chi connectivity index (χ1v) is 5.54. The molecule has 0 radical (unpaired) electrons. The average molecular weight is 313 g/mol. The van der Waals surface area contributed by atoms with Gasteiger partial charge in [-0.05, 0) is 6.07 Å². The second-order valence-corrected chi connectivity index (χ2v) is 3.53. The van der Waals surface area contributed by atoms with E-state index in [1.165, 1.54) is 18.3 Å². The third kappa shape index (κ3) is 5.53. The Hall–Kier alpha value is -1.31. The number of halogens is 4. The smallest absolute Gasteiger partial charge is 0.422 e. The molecule has 0 spiro atoms. The van der Waals surface area contributed by atoms with E-state index in [0.29, 0.717) is 5.69 Å². The maximum Gasteiger partial charge on any atom is 0.422 e. The lowest BCUT2D eigenvalue weighted by atomic mass is 10.4. The van der Waals surface area contributed by atoms with E-state index in [0.717, 1.165) is 0 Å². The zero-order chi connectivity index (χ0) is 12.9. The highest BCUT2D eigenvalue weighted by atomic mass is 79.9. The number of nitrogens with zero attached hydrogens (tertiary/aromatic N) is 1. The summed E-state index contributed by atoms with van der Waals surface area (Å²) in [5.74, 6) is -0.435. The van der Waals surface area contributed by atoms with Crippen LogP contribution in [0.2, 0.25) is 0 Å². The molecule has 0 aliphatic heterocycles. The molecule has 0 unspecified atom stereocenters. The highest BCUT2D eigenvalue weighted by Gasteiger charge is 2.28. The summed E-state index contributed by atoms with van der Waals surface area (Å²) in [5.41, 5.74) is 0.383. The first-order valence-electron chi connectivity index (χ1n) is 4.42. The number of carbonyl (C=O) groups is 1. The molecule has 0 atom stereocenters. The van der Waals surface area contributed by atoms with E-state index in [-0.39, 0.29) is 17.1 Å². The SMILES string of the molecule is O=C(CBr)Nc1ccc(OCC(F)(F)F)nc1. The number of rotatable bonds is 4. The number of hydrogen-bond donors (Lipinski definition) is 1. The predicted octanol–water partition coefficient (Wildman–Crippen LogP) is 2.36. The van der Waals surface area contributed by atoms with Crippen molar-refractivity contribution in [1.82, 2.24) is 4.98 Å². The first kappa shape index (κ1) is 13.8. The van der Waals surface area contributed by atoms with Crippen LogP contribution in [0.15, 0.2) is 18.3 Å². The van der Waals surface area contributed by atoms with E-state index in [4.69, 9.17) is 0 Å². The molecule has 0 saturated carbocycles. The van der Waals surface area contributed by atoms with Gasteiger partial charge in [0.25, 0.3) is 0 Å². The molecule has 1 amide bonds. The fourth-order valence-corrected chi connectivity index (χ4v) is 1.03. The third-order valence-electron chi connectivity index (χ3n) is 1.53. The van der Waals surface area contributed by atoms with E-state index in [9.17, 15) is 18.0 Å². The fourth-order valence-electron chi connectivity index (χ4n) is 0.890. The molecule has 8 heteroatoms. The van der Waals surface area contributed by atoms with Crippen molar-refractivity contribution in [2.24, 2.45) is 0 Å². The maximum absolute atomic E-state index is 11.8. The topological polar surface area (TPSA) is 51.2 Å². The van der Waals surface area contributed by atoms with Gasteiger partial charge in [-0.1, -0.05) is 15.9 Å². The Balaban J connectivity index is 2.53. The molecule has 1 rings (SSSR count). The number of ether oxygens (including phenoxy) is 1. The van der Waals surface area contributed by atoms with Crippen LogP contribution in [-0.2, 0) is 4.79 Å². The summed E-state index contributed by atoms with van der Waals surface area (Å²) in [6.45, 7) is -1.40. The van der Waals surface area contributed by atoms with E-state index >= 15 is 0 Å². The minimum absolute atomic E-state index is 0.124. The van der Waals surface area contributed by atoms with Crippen molar-refractivity contribution < 1.29 is 22.7 Å². The molecule has 4 nitrogen and oxygen atoms in total. The van der Waals surface area contributed by atoms with Gasteiger partial charge in [0.1, 0.15) is 0 Å². The molecule has 1 heterocycles. The minimum atomic E-state index is -4.40. The number of aromatic nitrogens is 1. The van der Waals surface area contributed by atoms with Crippen LogP contribution in [0.4, 0.5) is 18.9 Å². The summed E-state index contributed by atoms with van der Waals surface area (Å²) < 4.78 is 39.9. The zero-order valence-corrected chi connectivity index (χ0v) is 10.0. The highest BCUT2D eigenvalue weighted by molar-refractivity contribution is 9.09. The fraction of sp³-hybridized carbons (Fsp3) is 0.333. The Morgan fingerprint density at radius 1 is 1.47 bits per heavy atom. The lowest BCUT2D eigenvalue weighted by Gasteiger charge is -2.08. The van der Waals surface area contributed by atoms with Crippen LogP contribution >= 0.6 is 15.9 Å². The van der Waals surface area contributed by atoms with Gasteiger partial charge in [-0.3, -0.25) is 4.79 Å². The van der Waals surface area contributed by atoms with Crippen LogP contribution in [0.5, 0.6) is 5.88 Å². The second kappa shape index (κ2) is 5.85. The van der Waals surface area contributed by atoms with Crippen LogP contribution in [0, 0.1) is 0 Å². The molecule has 0 fully saturated rings. The van der Waals surface area contributed by atoms with Crippen molar-refractivity contribution in [2.75, 3.05) is 17.3 Å². The lowest BCUT2D eigenvalue weighted by Crippen LogP contribution is -2.19. The van der Waals surface area contributed by atoms with E-state index < -0.39 is 12.8 Å². The monoisotopic (exact) mass is 312 g/mol. The van der Waals surface area contributed by atoms with Gasteiger partial charge < -0.3 is 10.1 Å². The number of pyridine rings is 1. The molecule has 0 aliphatic carbocycles. The summed E-state index contributed by atoms with van der Waals surface area (Å²) in [6, 6.07) is 2.65. The summed E-state index contributed by atoms with van der Waals surface area (Å²) in [7, 11) is 0. The van der Waals surface area contributed by atoms with Crippen molar-refractivity contribution in [3.8, 4) is 5.88 Å². The van der Waals surface area contributed by atoms with Gasteiger partial charge in [-0.25, -0.2) is 4.98 Å². The van der Waals surface area contributed by atoms with E-state index in [1.54, 1.807) is 0 Å². The average Bonchev–Trinajstić information content (AvgIpc) is 2.27. The number of anilines is 1. The molecule has 1 aromatic heterocycles. The molecule has 0 aromatic carbocycles. The van der Waals surface area contributed by atoms with E-state index in [2.05, 4.69) is 31.0 Å². The maximum atomic E-state index is 11.8. The summed E-state index contributed by atoms with van der Waals surface area (Å²) in [6.07, 6.45) is -3.18. The second-order valence-electron chi connectivity index (χ2n) is 2.97. The Morgan fingerprint density at radius 2 is 2.18 bits per heavy atom. The van der Waals surface area contributed by atoms with Crippen molar-refractivity contribution in [3.63, 3.8) is 0 Å². The lowest BCUT2D eigenvalue weighted by molar-refractivity contribution is -0.154. The molecule has 1 aromatic rings. The van der Waals surface area contributed by atoms with Gasteiger partial charge in [0.2, 0.25) is 11.8 Å². The Kier molecular flexibility index (Phi) is 4.73. The first-order chi connectivity index (χ1) is 7.90. The normalized spacial score (nSPS) is 11.1. The Bertz CT molecular complexity index is 381. The minimum Gasteiger partial charge on any atom is -0.468 e. The number of carbonyl (C=O) groups excluding carboxylic acids is 1. The van der Waals surface area contributed by atoms with Crippen LogP contribution in [0.1, 0.15) is 0 Å². The van der Waals surface area contributed by atoms with Crippen molar-refractivity contribution >= 4 is 27.5 Å². The van der Waals surface area contributed by atoms with Gasteiger partial charge in [0, 0.05) is 6.07 Å². The molecule has 0 aliphatic rings. The van der Waals surface area contributed by atoms with Crippen molar-refractivity contribution in [2.45, 2.75) is 6.18 Å². The molecule has 0 saturated heterocycles. The van der Waals surface area contributed by atoms with Crippen LogP contribution in [-0.4, -0.2) is 29.0 Å². The van der Waals surface area contributed by atoms with E-state index in [1.807, 2.05) is 0 Å². The van der Waals surface area contributed by atoms with Crippen molar-refractivity contribution in [3.05, 3.63) is 18.3 Å². The third-order valence-corrected chi connectivity index (χ3v) is 2.03. The van der Waals surface area contributed by atoms with Gasteiger partial charge in [0.05, 0.1) is 17.2 Å². The Labute approximate surface area is 103 Å². The molecule has 94 valence electrons. The largest absolute Gasteiger partial charge is 0.468 e. The molecular formula is C9H8BrF3N2O2. The van der Waals surface area contributed by atoms with Crippen LogP contribution in [0.25, 0.3) is 0 Å². The number of hydrogen-bond acceptors (Lipinski definition) is 3. The van der Waals surface area contributed by atoms with Gasteiger partial charge in [-0.2, -0.15) is 13.2 Å². The molecule has 1 N–H and O–H groups in total. The summed E-state index contributed by atoms with van der Waals surface area (Å²) in [4.78, 5) is 14.6. The molecule has 0 bridgehead atoms. The molecule has 17 heavy (non-hydrogen) atoms. The Morgan fingerprint density at radius 3 is 2.65 bits per heavy atom. The van der Waals surface area contributed by atoms with Crippen LogP contribution in [0.3, 0.4) is 0 Å². The van der Waals surface area contributed by atoms with Crippen molar-refractivity contribution in [1.29, 1.82) is 0 Å². The quantitative estimate of drug-likeness (QED) is 0.868. The van der Waals surface area contributed by atoms with Gasteiger partial charge >= 0.3 is 6.18 Å². The zero-order valence-electron chi connectivity index (χ0n) is 8.42. The van der Waals surface area contributed by atoms with Crippen LogP contribution < -0.4 is 10.1 Å². The standard InChI is InChI=1S/C9H8BrF3N2O2/c10-3-7(16)15-6-1-2-8(14-4-6)17-5-9(11,12)13/h1-2,4H,3,5H2,(H,15,16). The highest BCUT2D eigenvalue weighted by Crippen LogP contribution is 2.17. The molecular weight excluding hydrogens is 305 g/mol. The number of nitrogens with one attached hydrogen (secondary N) is 1. The predicted molar refractivity (Wildman–Crippen MR) is 58.2 cm³/mol. The summed E-state index contributed by atoms with van der Waals surface area (Å²) in [5, 5.41) is 2.59. The number of alkyl halides is 4. The van der Waals surface area contributed by atoms with Gasteiger partial charge in [-0.15, -0.1) is 0 Å². The van der Waals surface area contributed by atoms with Gasteiger partial charge in [0.15, 0.2) is 6.61 Å². The summed E-state index contributed by atoms with van der Waals surface area (Å²) >= 11 is 2.95.